The van der Waals surface area contributed by atoms with Crippen LogP contribution in [0.1, 0.15) is 12.5 Å². The van der Waals surface area contributed by atoms with Crippen molar-refractivity contribution < 1.29 is 5.11 Å². The summed E-state index contributed by atoms with van der Waals surface area (Å²) in [5, 5.41) is 9.25. The molecule has 0 aromatic heterocycles. The first-order valence-electron chi connectivity index (χ1n) is 5.24. The number of nitrogens with zero attached hydrogens (tertiary/aromatic N) is 2. The summed E-state index contributed by atoms with van der Waals surface area (Å²) >= 11 is 0. The van der Waals surface area contributed by atoms with E-state index < -0.39 is 0 Å². The molecule has 0 aliphatic rings. The van der Waals surface area contributed by atoms with Crippen molar-refractivity contribution >= 4 is 11.4 Å². The number of hydrogen-bond donors (Lipinski definition) is 1. The molecule has 1 N–H and O–H groups in total. The van der Waals surface area contributed by atoms with Gasteiger partial charge in [-0.15, -0.1) is 0 Å². The number of aliphatic hydroxyl groups excluding tert-OH is 1. The van der Waals surface area contributed by atoms with Crippen molar-refractivity contribution in [3.63, 3.8) is 0 Å². The summed E-state index contributed by atoms with van der Waals surface area (Å²) in [4.78, 5) is 4.03. The molecule has 0 bridgehead atoms. The van der Waals surface area contributed by atoms with Crippen molar-refractivity contribution in [2.75, 3.05) is 37.2 Å². The Labute approximate surface area is 91.9 Å². The second-order valence-electron chi connectivity index (χ2n) is 3.81. The third-order valence-electron chi connectivity index (χ3n) is 2.65. The van der Waals surface area contributed by atoms with Gasteiger partial charge in [-0.25, -0.2) is 0 Å². The van der Waals surface area contributed by atoms with Crippen LogP contribution < -0.4 is 9.80 Å². The highest BCUT2D eigenvalue weighted by Gasteiger charge is 2.09. The Morgan fingerprint density at radius 3 is 2.27 bits per heavy atom. The molecule has 1 aromatic carbocycles. The first kappa shape index (κ1) is 11.9. The van der Waals surface area contributed by atoms with Crippen molar-refractivity contribution in [3.05, 3.63) is 23.8 Å². The maximum Gasteiger partial charge on any atom is 0.115 e. The summed E-state index contributed by atoms with van der Waals surface area (Å²) in [6.07, 6.45) is 0. The molecule has 0 aliphatic carbocycles. The van der Waals surface area contributed by atoms with Gasteiger partial charge in [-0.1, -0.05) is 6.07 Å². The van der Waals surface area contributed by atoms with Crippen molar-refractivity contribution in [3.8, 4) is 0 Å². The summed E-state index contributed by atoms with van der Waals surface area (Å²) in [6, 6.07) is 6.15. The molecule has 0 amide bonds. The van der Waals surface area contributed by atoms with Gasteiger partial charge in [-0.05, 0) is 31.5 Å². The van der Waals surface area contributed by atoms with Crippen molar-refractivity contribution in [2.24, 2.45) is 0 Å². The SMILES string of the molecule is CCN(CO)c1cccc(N(C)C)c1C. The van der Waals surface area contributed by atoms with E-state index in [2.05, 4.69) is 17.9 Å². The summed E-state index contributed by atoms with van der Waals surface area (Å²) in [7, 11) is 4.06. The standard InChI is InChI=1S/C12H20N2O/c1-5-14(9-15)12-8-6-7-11(10(12)2)13(3)4/h6-8,15H,5,9H2,1-4H3. The van der Waals surface area contributed by atoms with Gasteiger partial charge in [-0.2, -0.15) is 0 Å². The topological polar surface area (TPSA) is 26.7 Å². The van der Waals surface area contributed by atoms with Crippen molar-refractivity contribution in [2.45, 2.75) is 13.8 Å². The molecule has 84 valence electrons. The van der Waals surface area contributed by atoms with E-state index in [0.29, 0.717) is 0 Å². The highest BCUT2D eigenvalue weighted by molar-refractivity contribution is 5.66. The van der Waals surface area contributed by atoms with Gasteiger partial charge in [0.05, 0.1) is 0 Å². The predicted molar refractivity (Wildman–Crippen MR) is 65.6 cm³/mol. The minimum atomic E-state index is 0.0637. The molecule has 0 atom stereocenters. The molecule has 0 radical (unpaired) electrons. The largest absolute Gasteiger partial charge is 0.377 e. The van der Waals surface area contributed by atoms with Crippen LogP contribution in [0.25, 0.3) is 0 Å². The van der Waals surface area contributed by atoms with Gasteiger partial charge in [0.25, 0.3) is 0 Å². The molecule has 0 saturated heterocycles. The Hall–Kier alpha value is -1.22. The van der Waals surface area contributed by atoms with Gasteiger partial charge in [-0.3, -0.25) is 0 Å². The lowest BCUT2D eigenvalue weighted by atomic mass is 10.1. The Bertz CT molecular complexity index is 319. The fourth-order valence-corrected chi connectivity index (χ4v) is 1.79. The molecule has 1 rings (SSSR count). The van der Waals surface area contributed by atoms with Crippen LogP contribution in [-0.4, -0.2) is 32.5 Å². The molecule has 0 saturated carbocycles. The van der Waals surface area contributed by atoms with Crippen molar-refractivity contribution in [1.29, 1.82) is 0 Å². The third kappa shape index (κ3) is 2.42. The molecule has 3 nitrogen and oxygen atoms in total. The average Bonchev–Trinajstić information content (AvgIpc) is 2.21. The van der Waals surface area contributed by atoms with Crippen LogP contribution in [-0.2, 0) is 0 Å². The Morgan fingerprint density at radius 2 is 1.80 bits per heavy atom. The number of anilines is 2. The summed E-state index contributed by atoms with van der Waals surface area (Å²) in [5.74, 6) is 0. The number of hydrogen-bond acceptors (Lipinski definition) is 3. The third-order valence-corrected chi connectivity index (χ3v) is 2.65. The van der Waals surface area contributed by atoms with Crippen molar-refractivity contribution in [1.82, 2.24) is 0 Å². The molecule has 1 aromatic rings. The average molecular weight is 208 g/mol. The quantitative estimate of drug-likeness (QED) is 0.765. The minimum Gasteiger partial charge on any atom is -0.377 e. The zero-order valence-electron chi connectivity index (χ0n) is 9.99. The minimum absolute atomic E-state index is 0.0637. The van der Waals surface area contributed by atoms with E-state index in [-0.39, 0.29) is 6.73 Å². The fourth-order valence-electron chi connectivity index (χ4n) is 1.79. The Kier molecular flexibility index (Phi) is 3.97. The Morgan fingerprint density at radius 1 is 1.20 bits per heavy atom. The number of rotatable bonds is 4. The Balaban J connectivity index is 3.14. The molecular weight excluding hydrogens is 188 g/mol. The van der Waals surface area contributed by atoms with Crippen LogP contribution in [0.3, 0.4) is 0 Å². The molecular formula is C12H20N2O. The summed E-state index contributed by atoms with van der Waals surface area (Å²) < 4.78 is 0. The van der Waals surface area contributed by atoms with Gasteiger partial charge in [0.2, 0.25) is 0 Å². The van der Waals surface area contributed by atoms with E-state index in [9.17, 15) is 5.11 Å². The molecule has 0 aliphatic heterocycles. The summed E-state index contributed by atoms with van der Waals surface area (Å²) in [6.45, 7) is 5.00. The second kappa shape index (κ2) is 5.03. The fraction of sp³-hybridized carbons (Fsp3) is 0.500. The predicted octanol–water partition coefficient (Wildman–Crippen LogP) is 1.84. The van der Waals surface area contributed by atoms with Gasteiger partial charge in [0.1, 0.15) is 6.73 Å². The van der Waals surface area contributed by atoms with E-state index in [1.54, 1.807) is 0 Å². The first-order valence-corrected chi connectivity index (χ1v) is 5.24. The maximum absolute atomic E-state index is 9.25. The van der Waals surface area contributed by atoms with Crippen LogP contribution in [0, 0.1) is 6.92 Å². The lowest BCUT2D eigenvalue weighted by Gasteiger charge is -2.25. The highest BCUT2D eigenvalue weighted by atomic mass is 16.3. The lowest BCUT2D eigenvalue weighted by molar-refractivity contribution is 0.292. The normalized spacial score (nSPS) is 10.2. The van der Waals surface area contributed by atoms with Crippen LogP contribution in [0.5, 0.6) is 0 Å². The lowest BCUT2D eigenvalue weighted by Crippen LogP contribution is -2.25. The van der Waals surface area contributed by atoms with Crippen LogP contribution in [0.2, 0.25) is 0 Å². The van der Waals surface area contributed by atoms with E-state index in [4.69, 9.17) is 0 Å². The smallest absolute Gasteiger partial charge is 0.115 e. The maximum atomic E-state index is 9.25. The van der Waals surface area contributed by atoms with E-state index >= 15 is 0 Å². The first-order chi connectivity index (χ1) is 7.11. The molecule has 3 heteroatoms. The molecule has 0 heterocycles. The summed E-state index contributed by atoms with van der Waals surface area (Å²) in [5.41, 5.74) is 3.50. The van der Waals surface area contributed by atoms with Crippen LogP contribution >= 0.6 is 0 Å². The van der Waals surface area contributed by atoms with Gasteiger partial charge in [0.15, 0.2) is 0 Å². The van der Waals surface area contributed by atoms with Gasteiger partial charge < -0.3 is 14.9 Å². The highest BCUT2D eigenvalue weighted by Crippen LogP contribution is 2.27. The van der Waals surface area contributed by atoms with Gasteiger partial charge in [0, 0.05) is 32.0 Å². The monoisotopic (exact) mass is 208 g/mol. The molecule has 0 fully saturated rings. The second-order valence-corrected chi connectivity index (χ2v) is 3.81. The molecule has 0 spiro atoms. The molecule has 15 heavy (non-hydrogen) atoms. The van der Waals surface area contributed by atoms with Crippen LogP contribution in [0.4, 0.5) is 11.4 Å². The van der Waals surface area contributed by atoms with Gasteiger partial charge >= 0.3 is 0 Å². The zero-order chi connectivity index (χ0) is 11.4. The number of aliphatic hydroxyl groups is 1. The van der Waals surface area contributed by atoms with E-state index in [1.165, 1.54) is 11.3 Å². The number of benzene rings is 1. The van der Waals surface area contributed by atoms with Crippen LogP contribution in [0.15, 0.2) is 18.2 Å². The zero-order valence-corrected chi connectivity index (χ0v) is 9.99. The van der Waals surface area contributed by atoms with E-state index in [0.717, 1.165) is 12.2 Å². The van der Waals surface area contributed by atoms with E-state index in [1.807, 2.05) is 38.1 Å². The molecule has 0 unspecified atom stereocenters.